The van der Waals surface area contributed by atoms with Crippen LogP contribution in [-0.2, 0) is 9.53 Å². The molecule has 1 aliphatic heterocycles. The molecule has 0 unspecified atom stereocenters. The maximum atomic E-state index is 13.3. The lowest BCUT2D eigenvalue weighted by molar-refractivity contribution is -0.143. The third-order valence-corrected chi connectivity index (χ3v) is 6.50. The summed E-state index contributed by atoms with van der Waals surface area (Å²) in [5.74, 6) is 1.71. The van der Waals surface area contributed by atoms with Gasteiger partial charge in [0.25, 0.3) is 5.91 Å². The van der Waals surface area contributed by atoms with Crippen molar-refractivity contribution in [3.05, 3.63) is 66.4 Å². The number of anilines is 1. The van der Waals surface area contributed by atoms with Gasteiger partial charge in [-0.15, -0.1) is 0 Å². The van der Waals surface area contributed by atoms with Gasteiger partial charge in [0.05, 0.1) is 33.1 Å². The summed E-state index contributed by atoms with van der Waals surface area (Å²) in [4.78, 5) is 33.5. The lowest BCUT2D eigenvalue weighted by atomic mass is 10.1. The molecule has 9 nitrogen and oxygen atoms in total. The van der Waals surface area contributed by atoms with E-state index in [2.05, 4.69) is 9.88 Å². The number of esters is 1. The maximum absolute atomic E-state index is 13.3. The fraction of sp³-hybridized carbons (Fsp3) is 0.367. The Balaban J connectivity index is 1.33. The highest BCUT2D eigenvalue weighted by Crippen LogP contribution is 2.31. The molecule has 206 valence electrons. The molecule has 0 aliphatic carbocycles. The van der Waals surface area contributed by atoms with Crippen LogP contribution in [0.1, 0.15) is 30.3 Å². The van der Waals surface area contributed by atoms with Crippen molar-refractivity contribution in [1.82, 2.24) is 9.88 Å². The summed E-state index contributed by atoms with van der Waals surface area (Å²) in [6.45, 7) is 5.22. The molecule has 0 saturated carbocycles. The number of hydrogen-bond acceptors (Lipinski definition) is 8. The molecule has 39 heavy (non-hydrogen) atoms. The number of ether oxygens (including phenoxy) is 4. The first kappa shape index (κ1) is 27.8. The van der Waals surface area contributed by atoms with E-state index in [0.717, 1.165) is 17.0 Å². The fourth-order valence-electron chi connectivity index (χ4n) is 4.45. The van der Waals surface area contributed by atoms with Crippen LogP contribution < -0.4 is 19.1 Å². The molecule has 1 fully saturated rings. The van der Waals surface area contributed by atoms with Crippen molar-refractivity contribution in [2.45, 2.75) is 19.8 Å². The molecule has 0 atom stereocenters. The number of hydrogen-bond donors (Lipinski definition) is 0. The second-order valence-corrected chi connectivity index (χ2v) is 9.01. The molecule has 4 rings (SSSR count). The fourth-order valence-corrected chi connectivity index (χ4v) is 4.45. The van der Waals surface area contributed by atoms with Gasteiger partial charge in [-0.05, 0) is 55.8 Å². The molecule has 1 amide bonds. The molecule has 2 heterocycles. The predicted molar refractivity (Wildman–Crippen MR) is 149 cm³/mol. The molecule has 1 saturated heterocycles. The third kappa shape index (κ3) is 7.19. The Labute approximate surface area is 229 Å². The van der Waals surface area contributed by atoms with Crippen molar-refractivity contribution in [3.8, 4) is 28.5 Å². The highest BCUT2D eigenvalue weighted by atomic mass is 16.5. The van der Waals surface area contributed by atoms with Crippen LogP contribution >= 0.6 is 0 Å². The minimum Gasteiger partial charge on any atom is -0.494 e. The first-order valence-corrected chi connectivity index (χ1v) is 13.1. The first-order valence-electron chi connectivity index (χ1n) is 13.1. The molecule has 0 bridgehead atoms. The van der Waals surface area contributed by atoms with Crippen molar-refractivity contribution in [2.75, 3.05) is 58.5 Å². The summed E-state index contributed by atoms with van der Waals surface area (Å²) in [6.07, 6.45) is 0.945. The number of piperazine rings is 1. The van der Waals surface area contributed by atoms with Gasteiger partial charge in [-0.1, -0.05) is 12.1 Å². The summed E-state index contributed by atoms with van der Waals surface area (Å²) >= 11 is 0. The lowest BCUT2D eigenvalue weighted by Gasteiger charge is -2.36. The van der Waals surface area contributed by atoms with Crippen molar-refractivity contribution in [2.24, 2.45) is 0 Å². The molecule has 0 N–H and O–H groups in total. The van der Waals surface area contributed by atoms with E-state index < -0.39 is 0 Å². The summed E-state index contributed by atoms with van der Waals surface area (Å²) in [7, 11) is 3.18. The summed E-state index contributed by atoms with van der Waals surface area (Å²) in [6, 6.07) is 19.0. The zero-order chi connectivity index (χ0) is 27.6. The van der Waals surface area contributed by atoms with Gasteiger partial charge in [-0.2, -0.15) is 0 Å². The Hall–Kier alpha value is -4.27. The smallest absolute Gasteiger partial charge is 0.305 e. The van der Waals surface area contributed by atoms with Crippen molar-refractivity contribution in [1.29, 1.82) is 0 Å². The Morgan fingerprint density at radius 2 is 1.67 bits per heavy atom. The van der Waals surface area contributed by atoms with Gasteiger partial charge >= 0.3 is 5.97 Å². The van der Waals surface area contributed by atoms with Crippen LogP contribution in [0.15, 0.2) is 60.7 Å². The molecule has 1 aliphatic rings. The number of pyridine rings is 1. The van der Waals surface area contributed by atoms with Crippen LogP contribution in [0.25, 0.3) is 11.3 Å². The van der Waals surface area contributed by atoms with E-state index in [1.807, 2.05) is 59.5 Å². The minimum absolute atomic E-state index is 0.0874. The number of nitrogens with zero attached hydrogens (tertiary/aromatic N) is 3. The highest BCUT2D eigenvalue weighted by Gasteiger charge is 2.24. The number of aromatic nitrogens is 1. The number of benzene rings is 2. The second-order valence-electron chi connectivity index (χ2n) is 9.01. The van der Waals surface area contributed by atoms with E-state index in [1.165, 1.54) is 0 Å². The molecule has 2 aromatic carbocycles. The van der Waals surface area contributed by atoms with Gasteiger partial charge < -0.3 is 28.7 Å². The van der Waals surface area contributed by atoms with Crippen molar-refractivity contribution >= 4 is 17.6 Å². The number of carbonyl (C=O) groups excluding carboxylic acids is 2. The van der Waals surface area contributed by atoms with Crippen molar-refractivity contribution in [3.63, 3.8) is 0 Å². The normalized spacial score (nSPS) is 13.1. The van der Waals surface area contributed by atoms with Crippen molar-refractivity contribution < 1.29 is 28.5 Å². The topological polar surface area (TPSA) is 90.4 Å². The van der Waals surface area contributed by atoms with Gasteiger partial charge in [0, 0.05) is 49.9 Å². The highest BCUT2D eigenvalue weighted by molar-refractivity contribution is 5.93. The second kappa shape index (κ2) is 13.5. The average Bonchev–Trinajstić information content (AvgIpc) is 2.99. The molecule has 3 aromatic rings. The Kier molecular flexibility index (Phi) is 9.61. The first-order chi connectivity index (χ1) is 19.0. The van der Waals surface area contributed by atoms with Gasteiger partial charge in [0.1, 0.15) is 11.4 Å². The number of rotatable bonds is 11. The predicted octanol–water partition coefficient (Wildman–Crippen LogP) is 4.45. The van der Waals surface area contributed by atoms with E-state index >= 15 is 0 Å². The maximum Gasteiger partial charge on any atom is 0.305 e. The van der Waals surface area contributed by atoms with Crippen LogP contribution in [0, 0.1) is 0 Å². The molecular weight excluding hydrogens is 498 g/mol. The Bertz CT molecular complexity index is 1270. The van der Waals surface area contributed by atoms with Gasteiger partial charge in [0.2, 0.25) is 0 Å². The summed E-state index contributed by atoms with van der Waals surface area (Å²) in [5.41, 5.74) is 2.99. The average molecular weight is 534 g/mol. The molecule has 0 radical (unpaired) electrons. The summed E-state index contributed by atoms with van der Waals surface area (Å²) < 4.78 is 21.5. The molecule has 1 aromatic heterocycles. The Morgan fingerprint density at radius 1 is 0.897 bits per heavy atom. The largest absolute Gasteiger partial charge is 0.494 e. The van der Waals surface area contributed by atoms with E-state index in [9.17, 15) is 9.59 Å². The van der Waals surface area contributed by atoms with E-state index in [4.69, 9.17) is 18.9 Å². The summed E-state index contributed by atoms with van der Waals surface area (Å²) in [5, 5.41) is 0. The quantitative estimate of drug-likeness (QED) is 0.264. The molecule has 0 spiro atoms. The standard InChI is InChI=1S/C30H35N3O6/c1-4-38-29(34)12-7-19-39-24-9-5-8-23(21-24)32-15-17-33(18-16-32)30(35)26-11-6-10-25(31-26)22-13-14-27(36-2)28(20-22)37-3/h5-6,8-11,13-14,20-21H,4,7,12,15-19H2,1-3H3. The Morgan fingerprint density at radius 3 is 2.41 bits per heavy atom. The third-order valence-electron chi connectivity index (χ3n) is 6.50. The number of carbonyl (C=O) groups is 2. The van der Waals surface area contributed by atoms with E-state index in [-0.39, 0.29) is 11.9 Å². The van der Waals surface area contributed by atoms with E-state index in [0.29, 0.717) is 75.1 Å². The van der Waals surface area contributed by atoms with Gasteiger partial charge in [-0.3, -0.25) is 9.59 Å². The molecule has 9 heteroatoms. The van der Waals surface area contributed by atoms with Crippen LogP contribution in [0.2, 0.25) is 0 Å². The zero-order valence-corrected chi connectivity index (χ0v) is 22.7. The zero-order valence-electron chi connectivity index (χ0n) is 22.7. The van der Waals surface area contributed by atoms with Gasteiger partial charge in [-0.25, -0.2) is 4.98 Å². The molecular formula is C30H35N3O6. The SMILES string of the molecule is CCOC(=O)CCCOc1cccc(N2CCN(C(=O)c3cccc(-c4ccc(OC)c(OC)c4)n3)CC2)c1. The van der Waals surface area contributed by atoms with Crippen LogP contribution in [0.5, 0.6) is 17.2 Å². The van der Waals surface area contributed by atoms with Crippen LogP contribution in [0.4, 0.5) is 5.69 Å². The minimum atomic E-state index is -0.204. The lowest BCUT2D eigenvalue weighted by Crippen LogP contribution is -2.49. The van der Waals surface area contributed by atoms with Gasteiger partial charge in [0.15, 0.2) is 11.5 Å². The van der Waals surface area contributed by atoms with Crippen LogP contribution in [0.3, 0.4) is 0 Å². The van der Waals surface area contributed by atoms with Crippen LogP contribution in [-0.4, -0.2) is 75.4 Å². The monoisotopic (exact) mass is 533 g/mol. The number of amides is 1. The number of methoxy groups -OCH3 is 2. The van der Waals surface area contributed by atoms with E-state index in [1.54, 1.807) is 27.2 Å².